The van der Waals surface area contributed by atoms with E-state index in [9.17, 15) is 0 Å². The molecule has 3 aromatic rings. The van der Waals surface area contributed by atoms with Gasteiger partial charge in [0.05, 0.1) is 17.1 Å². The van der Waals surface area contributed by atoms with Gasteiger partial charge in [-0.2, -0.15) is 5.10 Å². The molecule has 0 aliphatic rings. The van der Waals surface area contributed by atoms with Gasteiger partial charge in [-0.1, -0.05) is 6.92 Å². The smallest absolute Gasteiger partial charge is 0.223 e. The molecule has 0 saturated heterocycles. The van der Waals surface area contributed by atoms with E-state index in [1.807, 2.05) is 23.9 Å². The molecule has 3 heterocycles. The quantitative estimate of drug-likeness (QED) is 0.714. The molecule has 7 nitrogen and oxygen atoms in total. The Hall–Kier alpha value is -2.83. The highest BCUT2D eigenvalue weighted by atomic mass is 15.3. The van der Waals surface area contributed by atoms with Gasteiger partial charge in [-0.25, -0.2) is 9.97 Å². The lowest BCUT2D eigenvalue weighted by atomic mass is 10.2. The molecule has 130 valence electrons. The minimum Gasteiger partial charge on any atom is -0.351 e. The van der Waals surface area contributed by atoms with Gasteiger partial charge < -0.3 is 5.32 Å². The van der Waals surface area contributed by atoms with E-state index in [2.05, 4.69) is 44.2 Å². The third-order valence-electron chi connectivity index (χ3n) is 3.84. The summed E-state index contributed by atoms with van der Waals surface area (Å²) in [6, 6.07) is 2.06. The second kappa shape index (κ2) is 7.83. The third kappa shape index (κ3) is 4.37. The Bertz CT molecular complexity index is 813. The zero-order valence-electron chi connectivity index (χ0n) is 14.8. The number of aryl methyl sites for hydroxylation is 2. The van der Waals surface area contributed by atoms with Crippen LogP contribution in [0.15, 0.2) is 37.1 Å². The molecular formula is C18H23N7. The molecule has 0 unspecified atom stereocenters. The van der Waals surface area contributed by atoms with Gasteiger partial charge in [0.2, 0.25) is 5.95 Å². The standard InChI is InChI=1S/C18H23N7/c1-4-9-25-12-16(14(3)24-25)17-5-6-21-18(23-17)22-13(2)10-15-11-19-7-8-20-15/h5-8,11-13H,4,9-10H2,1-3H3,(H,21,22,23)/t13-/m0/s1. The van der Waals surface area contributed by atoms with Crippen LogP contribution in [0.25, 0.3) is 11.3 Å². The Kier molecular flexibility index (Phi) is 5.33. The van der Waals surface area contributed by atoms with Gasteiger partial charge in [0.15, 0.2) is 0 Å². The van der Waals surface area contributed by atoms with Crippen LogP contribution < -0.4 is 5.32 Å². The van der Waals surface area contributed by atoms with Crippen molar-refractivity contribution in [3.05, 3.63) is 48.4 Å². The summed E-state index contributed by atoms with van der Waals surface area (Å²) in [6.45, 7) is 7.14. The maximum Gasteiger partial charge on any atom is 0.223 e. The van der Waals surface area contributed by atoms with Crippen molar-refractivity contribution in [1.82, 2.24) is 29.7 Å². The van der Waals surface area contributed by atoms with Crippen LogP contribution in [0.5, 0.6) is 0 Å². The first-order valence-corrected chi connectivity index (χ1v) is 8.54. The van der Waals surface area contributed by atoms with E-state index in [0.717, 1.165) is 42.0 Å². The normalized spacial score (nSPS) is 12.1. The van der Waals surface area contributed by atoms with Gasteiger partial charge in [0.25, 0.3) is 0 Å². The Morgan fingerprint density at radius 3 is 2.84 bits per heavy atom. The first-order valence-electron chi connectivity index (χ1n) is 8.54. The van der Waals surface area contributed by atoms with E-state index in [4.69, 9.17) is 0 Å². The average Bonchev–Trinajstić information content (AvgIpc) is 2.97. The minimum atomic E-state index is 0.149. The molecule has 7 heteroatoms. The van der Waals surface area contributed by atoms with Crippen LogP contribution in [-0.4, -0.2) is 35.8 Å². The molecule has 0 fully saturated rings. The molecule has 1 N–H and O–H groups in total. The predicted octanol–water partition coefficient (Wildman–Crippen LogP) is 2.89. The lowest BCUT2D eigenvalue weighted by molar-refractivity contribution is 0.598. The largest absolute Gasteiger partial charge is 0.351 e. The first kappa shape index (κ1) is 17.0. The number of nitrogens with zero attached hydrogens (tertiary/aromatic N) is 6. The maximum atomic E-state index is 4.65. The molecule has 0 radical (unpaired) electrons. The van der Waals surface area contributed by atoms with Crippen molar-refractivity contribution in [2.45, 2.75) is 46.2 Å². The molecule has 0 aromatic carbocycles. The topological polar surface area (TPSA) is 81.4 Å². The molecule has 0 spiro atoms. The summed E-state index contributed by atoms with van der Waals surface area (Å²) in [7, 11) is 0. The molecule has 0 amide bonds. The van der Waals surface area contributed by atoms with Crippen molar-refractivity contribution in [2.24, 2.45) is 0 Å². The van der Waals surface area contributed by atoms with E-state index in [1.165, 1.54) is 0 Å². The lowest BCUT2D eigenvalue weighted by Crippen LogP contribution is -2.20. The van der Waals surface area contributed by atoms with Gasteiger partial charge in [0.1, 0.15) is 0 Å². The van der Waals surface area contributed by atoms with Crippen LogP contribution in [0.1, 0.15) is 31.7 Å². The fraction of sp³-hybridized carbons (Fsp3) is 0.389. The predicted molar refractivity (Wildman–Crippen MR) is 97.1 cm³/mol. The number of nitrogens with one attached hydrogen (secondary N) is 1. The summed E-state index contributed by atoms with van der Waals surface area (Å²) < 4.78 is 1.97. The minimum absolute atomic E-state index is 0.149. The van der Waals surface area contributed by atoms with Crippen molar-refractivity contribution in [2.75, 3.05) is 5.32 Å². The highest BCUT2D eigenvalue weighted by Crippen LogP contribution is 2.21. The zero-order valence-corrected chi connectivity index (χ0v) is 14.8. The number of anilines is 1. The Labute approximate surface area is 147 Å². The summed E-state index contributed by atoms with van der Waals surface area (Å²) in [4.78, 5) is 17.4. The van der Waals surface area contributed by atoms with E-state index in [0.29, 0.717) is 5.95 Å². The van der Waals surface area contributed by atoms with Gasteiger partial charge in [-0.3, -0.25) is 14.6 Å². The zero-order chi connectivity index (χ0) is 17.6. The molecular weight excluding hydrogens is 314 g/mol. The Morgan fingerprint density at radius 1 is 1.20 bits per heavy atom. The van der Waals surface area contributed by atoms with Crippen LogP contribution in [0.3, 0.4) is 0 Å². The second-order valence-corrected chi connectivity index (χ2v) is 6.10. The molecule has 25 heavy (non-hydrogen) atoms. The van der Waals surface area contributed by atoms with E-state index >= 15 is 0 Å². The highest BCUT2D eigenvalue weighted by Gasteiger charge is 2.11. The summed E-state index contributed by atoms with van der Waals surface area (Å²) in [5.74, 6) is 0.608. The molecule has 0 aliphatic carbocycles. The lowest BCUT2D eigenvalue weighted by Gasteiger charge is -2.13. The van der Waals surface area contributed by atoms with Crippen molar-refractivity contribution < 1.29 is 0 Å². The molecule has 3 rings (SSSR count). The van der Waals surface area contributed by atoms with E-state index in [-0.39, 0.29) is 6.04 Å². The number of hydrogen-bond donors (Lipinski definition) is 1. The second-order valence-electron chi connectivity index (χ2n) is 6.10. The van der Waals surface area contributed by atoms with E-state index in [1.54, 1.807) is 24.8 Å². The highest BCUT2D eigenvalue weighted by molar-refractivity contribution is 5.61. The average molecular weight is 337 g/mol. The van der Waals surface area contributed by atoms with Crippen molar-refractivity contribution >= 4 is 5.95 Å². The van der Waals surface area contributed by atoms with Crippen LogP contribution in [0, 0.1) is 6.92 Å². The van der Waals surface area contributed by atoms with Crippen LogP contribution in [0.4, 0.5) is 5.95 Å². The summed E-state index contributed by atoms with van der Waals surface area (Å²) in [5, 5.41) is 7.88. The first-order chi connectivity index (χ1) is 12.2. The SMILES string of the molecule is CCCn1cc(-c2ccnc(N[C@@H](C)Cc3cnccn3)n2)c(C)n1. The molecule has 0 aliphatic heterocycles. The van der Waals surface area contributed by atoms with Gasteiger partial charge in [-0.05, 0) is 26.3 Å². The van der Waals surface area contributed by atoms with Crippen LogP contribution in [-0.2, 0) is 13.0 Å². The molecule has 0 bridgehead atoms. The van der Waals surface area contributed by atoms with Gasteiger partial charge in [0, 0.05) is 55.6 Å². The Morgan fingerprint density at radius 2 is 2.08 bits per heavy atom. The van der Waals surface area contributed by atoms with Crippen LogP contribution >= 0.6 is 0 Å². The van der Waals surface area contributed by atoms with Gasteiger partial charge in [-0.15, -0.1) is 0 Å². The fourth-order valence-corrected chi connectivity index (χ4v) is 2.71. The van der Waals surface area contributed by atoms with Crippen molar-refractivity contribution in [1.29, 1.82) is 0 Å². The Balaban J connectivity index is 1.73. The maximum absolute atomic E-state index is 4.65. The summed E-state index contributed by atoms with van der Waals surface area (Å²) in [5.41, 5.74) is 3.84. The van der Waals surface area contributed by atoms with Crippen molar-refractivity contribution in [3.8, 4) is 11.3 Å². The summed E-state index contributed by atoms with van der Waals surface area (Å²) in [6.07, 6.45) is 10.8. The summed E-state index contributed by atoms with van der Waals surface area (Å²) >= 11 is 0. The molecule has 0 saturated carbocycles. The molecule has 3 aromatic heterocycles. The van der Waals surface area contributed by atoms with Crippen molar-refractivity contribution in [3.63, 3.8) is 0 Å². The molecule has 1 atom stereocenters. The number of aromatic nitrogens is 6. The van der Waals surface area contributed by atoms with E-state index < -0.39 is 0 Å². The van der Waals surface area contributed by atoms with Gasteiger partial charge >= 0.3 is 0 Å². The number of hydrogen-bond acceptors (Lipinski definition) is 6. The number of rotatable bonds is 7. The fourth-order valence-electron chi connectivity index (χ4n) is 2.71. The van der Waals surface area contributed by atoms with Crippen LogP contribution in [0.2, 0.25) is 0 Å². The third-order valence-corrected chi connectivity index (χ3v) is 3.84. The monoisotopic (exact) mass is 337 g/mol.